The normalized spacial score (nSPS) is 11.4. The number of nitrogens with two attached hydrogens (primary N) is 1. The fourth-order valence-corrected chi connectivity index (χ4v) is 0.945. The summed E-state index contributed by atoms with van der Waals surface area (Å²) in [6.45, 7) is 4.79. The van der Waals surface area contributed by atoms with Gasteiger partial charge in [0.25, 0.3) is 0 Å². The van der Waals surface area contributed by atoms with Crippen LogP contribution in [-0.2, 0) is 0 Å². The number of aryl methyl sites for hydroxylation is 1. The lowest BCUT2D eigenvalue weighted by atomic mass is 10.3. The zero-order chi connectivity index (χ0) is 10.4. The summed E-state index contributed by atoms with van der Waals surface area (Å²) in [7, 11) is 0. The fraction of sp³-hybridized carbons (Fsp3) is 0.400. The highest BCUT2D eigenvalue weighted by Gasteiger charge is 1.94. The zero-order valence-corrected chi connectivity index (χ0v) is 8.62. The van der Waals surface area contributed by atoms with Crippen molar-refractivity contribution in [2.24, 2.45) is 10.7 Å². The van der Waals surface area contributed by atoms with E-state index in [1.807, 2.05) is 19.1 Å². The van der Waals surface area contributed by atoms with Crippen LogP contribution in [0.1, 0.15) is 18.9 Å². The van der Waals surface area contributed by atoms with Gasteiger partial charge in [0.1, 0.15) is 5.82 Å². The van der Waals surface area contributed by atoms with Crippen LogP contribution in [-0.4, -0.2) is 17.5 Å². The molecule has 0 bridgehead atoms. The molecule has 14 heavy (non-hydrogen) atoms. The van der Waals surface area contributed by atoms with Gasteiger partial charge in [-0.3, -0.25) is 4.99 Å². The van der Waals surface area contributed by atoms with Crippen LogP contribution in [0.15, 0.2) is 23.3 Å². The summed E-state index contributed by atoms with van der Waals surface area (Å²) in [5, 5.41) is 2.92. The molecule has 4 heteroatoms. The molecule has 76 valence electrons. The van der Waals surface area contributed by atoms with Gasteiger partial charge in [-0.2, -0.15) is 0 Å². The number of nitrogens with zero attached hydrogens (tertiary/aromatic N) is 2. The van der Waals surface area contributed by atoms with Gasteiger partial charge in [0.15, 0.2) is 5.96 Å². The lowest BCUT2D eigenvalue weighted by Gasteiger charge is -2.04. The smallest absolute Gasteiger partial charge is 0.194 e. The van der Waals surface area contributed by atoms with Crippen LogP contribution in [0.4, 0.5) is 5.82 Å². The number of aromatic nitrogens is 1. The van der Waals surface area contributed by atoms with Gasteiger partial charge in [0, 0.05) is 12.7 Å². The van der Waals surface area contributed by atoms with Crippen molar-refractivity contribution in [2.45, 2.75) is 20.3 Å². The molecule has 0 amide bonds. The second kappa shape index (κ2) is 5.21. The standard InChI is InChI=1S/C10H16N4/c1-3-6-12-10(11)14-9-5-4-8(2)7-13-9/h4-5,7H,3,6H2,1-2H3,(H3,11,12,13,14). The van der Waals surface area contributed by atoms with Crippen LogP contribution in [0.25, 0.3) is 0 Å². The Balaban J connectivity index is 2.56. The summed E-state index contributed by atoms with van der Waals surface area (Å²) in [5.41, 5.74) is 6.75. The van der Waals surface area contributed by atoms with E-state index in [1.54, 1.807) is 6.20 Å². The van der Waals surface area contributed by atoms with Gasteiger partial charge in [-0.1, -0.05) is 13.0 Å². The summed E-state index contributed by atoms with van der Waals surface area (Å²) in [5.74, 6) is 1.15. The molecule has 0 fully saturated rings. The van der Waals surface area contributed by atoms with E-state index in [1.165, 1.54) is 0 Å². The molecular formula is C10H16N4. The lowest BCUT2D eigenvalue weighted by Crippen LogP contribution is -2.23. The Hall–Kier alpha value is -1.58. The SMILES string of the molecule is CCCN=C(N)Nc1ccc(C)cn1. The van der Waals surface area contributed by atoms with Crippen molar-refractivity contribution in [3.63, 3.8) is 0 Å². The maximum Gasteiger partial charge on any atom is 0.194 e. The van der Waals surface area contributed by atoms with Gasteiger partial charge in [-0.15, -0.1) is 0 Å². The summed E-state index contributed by atoms with van der Waals surface area (Å²) < 4.78 is 0. The molecule has 0 atom stereocenters. The van der Waals surface area contributed by atoms with Crippen molar-refractivity contribution in [3.05, 3.63) is 23.9 Å². The average Bonchev–Trinajstić information content (AvgIpc) is 2.18. The van der Waals surface area contributed by atoms with Gasteiger partial charge in [0.05, 0.1) is 0 Å². The summed E-state index contributed by atoms with van der Waals surface area (Å²) >= 11 is 0. The highest BCUT2D eigenvalue weighted by atomic mass is 15.1. The molecular weight excluding hydrogens is 176 g/mol. The summed E-state index contributed by atoms with van der Waals surface area (Å²) in [6, 6.07) is 3.85. The molecule has 0 aliphatic carbocycles. The minimum Gasteiger partial charge on any atom is -0.370 e. The van der Waals surface area contributed by atoms with E-state index in [0.29, 0.717) is 5.96 Å². The number of hydrogen-bond acceptors (Lipinski definition) is 2. The van der Waals surface area contributed by atoms with E-state index < -0.39 is 0 Å². The number of aliphatic imine (C=N–C) groups is 1. The summed E-state index contributed by atoms with van der Waals surface area (Å²) in [6.07, 6.45) is 2.78. The van der Waals surface area contributed by atoms with E-state index in [2.05, 4.69) is 22.2 Å². The predicted molar refractivity (Wildman–Crippen MR) is 59.4 cm³/mol. The molecule has 1 heterocycles. The molecule has 0 saturated heterocycles. The van der Waals surface area contributed by atoms with Gasteiger partial charge < -0.3 is 11.1 Å². The lowest BCUT2D eigenvalue weighted by molar-refractivity contribution is 0.929. The Morgan fingerprint density at radius 3 is 2.93 bits per heavy atom. The molecule has 1 rings (SSSR count). The van der Waals surface area contributed by atoms with Crippen molar-refractivity contribution in [2.75, 3.05) is 11.9 Å². The average molecular weight is 192 g/mol. The quantitative estimate of drug-likeness (QED) is 0.564. The Kier molecular flexibility index (Phi) is 3.91. The van der Waals surface area contributed by atoms with Crippen molar-refractivity contribution >= 4 is 11.8 Å². The predicted octanol–water partition coefficient (Wildman–Crippen LogP) is 1.53. The third-order valence-corrected chi connectivity index (χ3v) is 1.67. The number of hydrogen-bond donors (Lipinski definition) is 2. The van der Waals surface area contributed by atoms with E-state index in [9.17, 15) is 0 Å². The largest absolute Gasteiger partial charge is 0.370 e. The van der Waals surface area contributed by atoms with Gasteiger partial charge >= 0.3 is 0 Å². The molecule has 0 saturated carbocycles. The maximum atomic E-state index is 5.63. The first-order chi connectivity index (χ1) is 6.72. The van der Waals surface area contributed by atoms with E-state index >= 15 is 0 Å². The highest BCUT2D eigenvalue weighted by Crippen LogP contribution is 2.02. The maximum absolute atomic E-state index is 5.63. The number of pyridine rings is 1. The van der Waals surface area contributed by atoms with Crippen LogP contribution in [0.2, 0.25) is 0 Å². The van der Waals surface area contributed by atoms with Crippen LogP contribution in [0.5, 0.6) is 0 Å². The number of nitrogens with one attached hydrogen (secondary N) is 1. The minimum absolute atomic E-state index is 0.420. The highest BCUT2D eigenvalue weighted by molar-refractivity contribution is 5.91. The van der Waals surface area contributed by atoms with E-state index in [-0.39, 0.29) is 0 Å². The molecule has 1 aromatic rings. The van der Waals surface area contributed by atoms with Crippen LogP contribution in [0.3, 0.4) is 0 Å². The topological polar surface area (TPSA) is 63.3 Å². The van der Waals surface area contributed by atoms with Crippen molar-refractivity contribution in [1.29, 1.82) is 0 Å². The number of anilines is 1. The molecule has 0 unspecified atom stereocenters. The van der Waals surface area contributed by atoms with Crippen molar-refractivity contribution in [1.82, 2.24) is 4.98 Å². The van der Waals surface area contributed by atoms with Crippen LogP contribution < -0.4 is 11.1 Å². The third kappa shape index (κ3) is 3.43. The minimum atomic E-state index is 0.420. The van der Waals surface area contributed by atoms with E-state index in [0.717, 1.165) is 24.3 Å². The number of guanidine groups is 1. The molecule has 0 aromatic carbocycles. The van der Waals surface area contributed by atoms with Crippen LogP contribution in [0, 0.1) is 6.92 Å². The molecule has 1 aromatic heterocycles. The molecule has 4 nitrogen and oxygen atoms in total. The monoisotopic (exact) mass is 192 g/mol. The molecule has 0 spiro atoms. The second-order valence-corrected chi connectivity index (χ2v) is 3.11. The Labute approximate surface area is 84.3 Å². The fourth-order valence-electron chi connectivity index (χ4n) is 0.945. The molecule has 3 N–H and O–H groups in total. The van der Waals surface area contributed by atoms with Crippen molar-refractivity contribution < 1.29 is 0 Å². The Bertz CT molecular complexity index is 302. The van der Waals surface area contributed by atoms with E-state index in [4.69, 9.17) is 5.73 Å². The van der Waals surface area contributed by atoms with Gasteiger partial charge in [-0.25, -0.2) is 4.98 Å². The molecule has 0 aliphatic heterocycles. The molecule has 0 aliphatic rings. The van der Waals surface area contributed by atoms with Gasteiger partial charge in [-0.05, 0) is 25.0 Å². The van der Waals surface area contributed by atoms with Gasteiger partial charge in [0.2, 0.25) is 0 Å². The number of rotatable bonds is 3. The second-order valence-electron chi connectivity index (χ2n) is 3.11. The first kappa shape index (κ1) is 10.5. The summed E-state index contributed by atoms with van der Waals surface area (Å²) in [4.78, 5) is 8.26. The Morgan fingerprint density at radius 1 is 1.57 bits per heavy atom. The van der Waals surface area contributed by atoms with Crippen molar-refractivity contribution in [3.8, 4) is 0 Å². The zero-order valence-electron chi connectivity index (χ0n) is 8.62. The first-order valence-corrected chi connectivity index (χ1v) is 4.72. The van der Waals surface area contributed by atoms with Crippen LogP contribution >= 0.6 is 0 Å². The Morgan fingerprint density at radius 2 is 2.36 bits per heavy atom. The third-order valence-electron chi connectivity index (χ3n) is 1.67. The molecule has 0 radical (unpaired) electrons. The first-order valence-electron chi connectivity index (χ1n) is 4.72.